The van der Waals surface area contributed by atoms with Crippen molar-refractivity contribution in [2.75, 3.05) is 0 Å². The minimum absolute atomic E-state index is 0.0278. The number of H-pyrrole nitrogens is 2. The molecule has 5 aromatic rings. The Balaban J connectivity index is 1.64. The van der Waals surface area contributed by atoms with Crippen molar-refractivity contribution in [2.45, 2.75) is 26.2 Å². The zero-order valence-electron chi connectivity index (χ0n) is 19.0. The summed E-state index contributed by atoms with van der Waals surface area (Å²) in [6, 6.07) is 14.6. The molecule has 0 unspecified atom stereocenters. The van der Waals surface area contributed by atoms with E-state index in [2.05, 4.69) is 48.9 Å². The second-order valence-electron chi connectivity index (χ2n) is 9.10. The molecule has 4 aromatic heterocycles. The van der Waals surface area contributed by atoms with Crippen LogP contribution in [-0.2, 0) is 19.5 Å². The molecule has 0 atom stereocenters. The van der Waals surface area contributed by atoms with Crippen molar-refractivity contribution in [2.24, 2.45) is 14.1 Å². The quantitative estimate of drug-likeness (QED) is 0.432. The number of aromatic nitrogens is 8. The lowest BCUT2D eigenvalue weighted by Gasteiger charge is -2.19. The zero-order chi connectivity index (χ0) is 22.5. The maximum absolute atomic E-state index is 4.73. The van der Waals surface area contributed by atoms with Crippen molar-refractivity contribution in [1.29, 1.82) is 0 Å². The van der Waals surface area contributed by atoms with E-state index in [0.29, 0.717) is 0 Å². The summed E-state index contributed by atoms with van der Waals surface area (Å²) in [6.07, 6.45) is 7.94. The topological polar surface area (TPSA) is 75.0 Å². The Bertz CT molecular complexity index is 1270. The molecule has 0 saturated carbocycles. The van der Waals surface area contributed by atoms with Gasteiger partial charge in [0.25, 0.3) is 0 Å². The molecule has 4 heterocycles. The number of aryl methyl sites for hydroxylation is 2. The normalized spacial score (nSPS) is 11.9. The summed E-state index contributed by atoms with van der Waals surface area (Å²) >= 11 is 0. The van der Waals surface area contributed by atoms with E-state index in [-0.39, 0.29) is 5.41 Å². The molecular weight excluding hydrogens is 400 g/mol. The van der Waals surface area contributed by atoms with Crippen LogP contribution in [0.4, 0.5) is 0 Å². The standard InChI is InChI=1S/C24H28N8/c1-24(2,3)17-12-18(31-15-22(29(4)27-31)20-8-6-10-25-20)14-19(13-17)32-16-23(30(5)28-32)21-9-7-11-26-21/h6-16,25-26H,1-5H3/q+2. The number of aromatic amines is 2. The van der Waals surface area contributed by atoms with E-state index in [1.54, 1.807) is 0 Å². The summed E-state index contributed by atoms with van der Waals surface area (Å²) in [6.45, 7) is 6.66. The van der Waals surface area contributed by atoms with E-state index in [1.807, 2.05) is 81.9 Å². The van der Waals surface area contributed by atoms with E-state index < -0.39 is 0 Å². The molecule has 0 bridgehead atoms. The third-order valence-corrected chi connectivity index (χ3v) is 5.69. The molecule has 32 heavy (non-hydrogen) atoms. The predicted molar refractivity (Wildman–Crippen MR) is 121 cm³/mol. The van der Waals surface area contributed by atoms with Crippen molar-refractivity contribution in [3.8, 4) is 34.2 Å². The largest absolute Gasteiger partial charge is 0.358 e. The average molecular weight is 429 g/mol. The van der Waals surface area contributed by atoms with Gasteiger partial charge in [-0.3, -0.25) is 0 Å². The number of rotatable bonds is 4. The number of nitrogens with one attached hydrogen (secondary N) is 2. The van der Waals surface area contributed by atoms with Gasteiger partial charge in [0.1, 0.15) is 14.1 Å². The molecule has 162 valence electrons. The van der Waals surface area contributed by atoms with Gasteiger partial charge >= 0.3 is 0 Å². The molecule has 0 aliphatic rings. The first-order valence-electron chi connectivity index (χ1n) is 10.7. The molecule has 8 nitrogen and oxygen atoms in total. The summed E-state index contributed by atoms with van der Waals surface area (Å²) in [7, 11) is 3.91. The highest BCUT2D eigenvalue weighted by Gasteiger charge is 2.24. The molecule has 8 heteroatoms. The fourth-order valence-electron chi connectivity index (χ4n) is 3.85. The number of hydrogen-bond acceptors (Lipinski definition) is 2. The van der Waals surface area contributed by atoms with Gasteiger partial charge in [0.05, 0.1) is 21.8 Å². The van der Waals surface area contributed by atoms with Crippen molar-refractivity contribution < 1.29 is 9.36 Å². The zero-order valence-corrected chi connectivity index (χ0v) is 19.0. The SMILES string of the molecule is C[n+]1nn(-c2cc(-n3cc(-c4ccc[nH]4)[n+](C)n3)cc(C(C)(C)C)c2)cc1-c1ccc[nH]1. The molecule has 2 N–H and O–H groups in total. The van der Waals surface area contributed by atoms with Gasteiger partial charge in [-0.05, 0) is 47.4 Å². The van der Waals surface area contributed by atoms with Crippen LogP contribution in [0.15, 0.2) is 67.3 Å². The lowest BCUT2D eigenvalue weighted by Crippen LogP contribution is -2.33. The van der Waals surface area contributed by atoms with Gasteiger partial charge in [-0.15, -0.1) is 18.7 Å². The van der Waals surface area contributed by atoms with Crippen LogP contribution in [0, 0.1) is 0 Å². The first-order valence-corrected chi connectivity index (χ1v) is 10.7. The van der Waals surface area contributed by atoms with Gasteiger partial charge in [-0.25, -0.2) is 0 Å². The van der Waals surface area contributed by atoms with Crippen molar-refractivity contribution in [3.05, 3.63) is 72.8 Å². The third kappa shape index (κ3) is 3.53. The van der Waals surface area contributed by atoms with Gasteiger partial charge in [-0.1, -0.05) is 20.8 Å². The molecule has 0 aliphatic carbocycles. The van der Waals surface area contributed by atoms with Crippen molar-refractivity contribution in [3.63, 3.8) is 0 Å². The molecule has 1 aromatic carbocycles. The summed E-state index contributed by atoms with van der Waals surface area (Å²) in [4.78, 5) is 6.52. The van der Waals surface area contributed by atoms with Crippen LogP contribution >= 0.6 is 0 Å². The molecule has 0 fully saturated rings. The monoisotopic (exact) mass is 428 g/mol. The summed E-state index contributed by atoms with van der Waals surface area (Å²) in [5.41, 5.74) is 7.24. The van der Waals surface area contributed by atoms with E-state index in [4.69, 9.17) is 10.4 Å². The average Bonchev–Trinajstić information content (AvgIpc) is 3.53. The highest BCUT2D eigenvalue weighted by atomic mass is 15.5. The van der Waals surface area contributed by atoms with E-state index in [0.717, 1.165) is 34.2 Å². The van der Waals surface area contributed by atoms with Gasteiger partial charge in [0.2, 0.25) is 11.4 Å². The van der Waals surface area contributed by atoms with Crippen LogP contribution in [0.3, 0.4) is 0 Å². The summed E-state index contributed by atoms with van der Waals surface area (Å²) in [5.74, 6) is 0. The number of benzene rings is 1. The maximum Gasteiger partial charge on any atom is 0.214 e. The van der Waals surface area contributed by atoms with Gasteiger partial charge in [0, 0.05) is 18.5 Å². The Hall–Kier alpha value is -3.94. The Morgan fingerprint density at radius 3 is 1.59 bits per heavy atom. The van der Waals surface area contributed by atoms with Crippen LogP contribution < -0.4 is 9.36 Å². The Morgan fingerprint density at radius 1 is 0.750 bits per heavy atom. The highest BCUT2D eigenvalue weighted by Crippen LogP contribution is 2.28. The molecule has 0 radical (unpaired) electrons. The summed E-state index contributed by atoms with van der Waals surface area (Å²) in [5, 5.41) is 9.46. The van der Waals surface area contributed by atoms with Gasteiger partial charge < -0.3 is 9.97 Å². The lowest BCUT2D eigenvalue weighted by molar-refractivity contribution is -0.721. The molecule has 5 rings (SSSR count). The Kier molecular flexibility index (Phi) is 4.58. The minimum atomic E-state index is -0.0278. The fraction of sp³-hybridized carbons (Fsp3) is 0.250. The van der Waals surface area contributed by atoms with E-state index in [1.165, 1.54) is 5.56 Å². The third-order valence-electron chi connectivity index (χ3n) is 5.69. The summed E-state index contributed by atoms with van der Waals surface area (Å²) < 4.78 is 7.60. The van der Waals surface area contributed by atoms with Crippen molar-refractivity contribution in [1.82, 2.24) is 29.8 Å². The predicted octanol–water partition coefficient (Wildman–Crippen LogP) is 2.99. The van der Waals surface area contributed by atoms with Crippen LogP contribution in [0.5, 0.6) is 0 Å². The molecule has 0 saturated heterocycles. The van der Waals surface area contributed by atoms with Crippen molar-refractivity contribution >= 4 is 0 Å². The smallest absolute Gasteiger partial charge is 0.214 e. The van der Waals surface area contributed by atoms with E-state index in [9.17, 15) is 0 Å². The molecule has 0 amide bonds. The van der Waals surface area contributed by atoms with Crippen LogP contribution in [0.25, 0.3) is 34.2 Å². The fourth-order valence-corrected chi connectivity index (χ4v) is 3.85. The first kappa shape index (κ1) is 20.0. The van der Waals surface area contributed by atoms with Crippen LogP contribution in [0.2, 0.25) is 0 Å². The Labute approximate surface area is 186 Å². The number of hydrogen-bond donors (Lipinski definition) is 2. The van der Waals surface area contributed by atoms with Gasteiger partial charge in [-0.2, -0.15) is 0 Å². The molecule has 0 aliphatic heterocycles. The van der Waals surface area contributed by atoms with Gasteiger partial charge in [0.15, 0.2) is 23.8 Å². The maximum atomic E-state index is 4.73. The van der Waals surface area contributed by atoms with E-state index >= 15 is 0 Å². The minimum Gasteiger partial charge on any atom is -0.358 e. The molecule has 0 spiro atoms. The molecular formula is C24H28N8+2. The second-order valence-corrected chi connectivity index (χ2v) is 9.10. The first-order chi connectivity index (χ1) is 15.3. The second kappa shape index (κ2) is 7.33. The Morgan fingerprint density at radius 2 is 1.22 bits per heavy atom. The number of nitrogens with zero attached hydrogens (tertiary/aromatic N) is 6. The van der Waals surface area contributed by atoms with Crippen LogP contribution in [0.1, 0.15) is 26.3 Å². The lowest BCUT2D eigenvalue weighted by atomic mass is 9.86. The highest BCUT2D eigenvalue weighted by molar-refractivity contribution is 5.54. The van der Waals surface area contributed by atoms with Crippen LogP contribution in [-0.4, -0.2) is 29.8 Å².